The zero-order valence-corrected chi connectivity index (χ0v) is 12.9. The second-order valence-electron chi connectivity index (χ2n) is 4.47. The number of aryl methyl sites for hydroxylation is 2. The largest absolute Gasteiger partial charge is 0.321 e. The Morgan fingerprint density at radius 1 is 1.47 bits per heavy atom. The molecule has 1 amide bonds. The van der Waals surface area contributed by atoms with Gasteiger partial charge in [0.2, 0.25) is 5.91 Å². The number of nitrogens with zero attached hydrogens (tertiary/aromatic N) is 4. The highest BCUT2D eigenvalue weighted by molar-refractivity contribution is 9.10. The summed E-state index contributed by atoms with van der Waals surface area (Å²) >= 11 is 3.39. The molecule has 0 radical (unpaired) electrons. The van der Waals surface area contributed by atoms with Crippen molar-refractivity contribution in [3.8, 4) is 0 Å². The Morgan fingerprint density at radius 2 is 2.16 bits per heavy atom. The summed E-state index contributed by atoms with van der Waals surface area (Å²) in [5.74, 6) is -0.119. The Labute approximate surface area is 119 Å². The van der Waals surface area contributed by atoms with Gasteiger partial charge >= 0.3 is 0 Å². The first-order valence-corrected chi connectivity index (χ1v) is 6.70. The molecule has 2 heterocycles. The normalized spacial score (nSPS) is 12.5. The lowest BCUT2D eigenvalue weighted by Crippen LogP contribution is -2.24. The van der Waals surface area contributed by atoms with E-state index in [-0.39, 0.29) is 11.9 Å². The van der Waals surface area contributed by atoms with Gasteiger partial charge in [0.05, 0.1) is 27.7 Å². The molecule has 0 fully saturated rings. The predicted molar refractivity (Wildman–Crippen MR) is 75.9 cm³/mol. The number of aromatic nitrogens is 4. The van der Waals surface area contributed by atoms with Crippen molar-refractivity contribution in [2.75, 3.05) is 5.32 Å². The van der Waals surface area contributed by atoms with Crippen molar-refractivity contribution in [3.63, 3.8) is 0 Å². The van der Waals surface area contributed by atoms with Crippen LogP contribution < -0.4 is 5.32 Å². The molecule has 0 saturated heterocycles. The maximum absolute atomic E-state index is 12.2. The van der Waals surface area contributed by atoms with E-state index in [1.165, 1.54) is 0 Å². The summed E-state index contributed by atoms with van der Waals surface area (Å²) in [7, 11) is 1.84. The first-order chi connectivity index (χ1) is 8.90. The smallest absolute Gasteiger partial charge is 0.249 e. The topological polar surface area (TPSA) is 64.7 Å². The van der Waals surface area contributed by atoms with Gasteiger partial charge in [-0.15, -0.1) is 0 Å². The molecule has 102 valence electrons. The molecular formula is C12H16BrN5O. The summed E-state index contributed by atoms with van der Waals surface area (Å²) in [4.78, 5) is 12.2. The van der Waals surface area contributed by atoms with E-state index >= 15 is 0 Å². The second kappa shape index (κ2) is 5.16. The van der Waals surface area contributed by atoms with Gasteiger partial charge in [-0.3, -0.25) is 14.2 Å². The average Bonchev–Trinajstić information content (AvgIpc) is 2.86. The minimum absolute atomic E-state index is 0.119. The lowest BCUT2D eigenvalue weighted by Gasteiger charge is -2.12. The fraction of sp³-hybridized carbons (Fsp3) is 0.417. The Balaban J connectivity index is 2.14. The number of carbonyl (C=O) groups excluding carboxylic acids is 1. The van der Waals surface area contributed by atoms with Crippen molar-refractivity contribution in [1.29, 1.82) is 0 Å². The monoisotopic (exact) mass is 325 g/mol. The van der Waals surface area contributed by atoms with E-state index in [1.54, 1.807) is 28.7 Å². The van der Waals surface area contributed by atoms with E-state index in [0.29, 0.717) is 0 Å². The van der Waals surface area contributed by atoms with Crippen LogP contribution in [0.15, 0.2) is 16.9 Å². The molecule has 1 atom stereocenters. The molecule has 0 saturated carbocycles. The fourth-order valence-corrected chi connectivity index (χ4v) is 1.93. The number of anilines is 1. The minimum Gasteiger partial charge on any atom is -0.321 e. The number of halogens is 1. The van der Waals surface area contributed by atoms with Gasteiger partial charge in [0.25, 0.3) is 0 Å². The third-order valence-corrected chi connectivity index (χ3v) is 3.90. The van der Waals surface area contributed by atoms with Crippen molar-refractivity contribution in [2.45, 2.75) is 26.8 Å². The Morgan fingerprint density at radius 3 is 2.63 bits per heavy atom. The number of nitrogens with one attached hydrogen (secondary N) is 1. The van der Waals surface area contributed by atoms with Crippen LogP contribution in [0.5, 0.6) is 0 Å². The van der Waals surface area contributed by atoms with Gasteiger partial charge < -0.3 is 5.32 Å². The van der Waals surface area contributed by atoms with Crippen LogP contribution >= 0.6 is 15.9 Å². The van der Waals surface area contributed by atoms with Crippen LogP contribution in [0.2, 0.25) is 0 Å². The van der Waals surface area contributed by atoms with Crippen molar-refractivity contribution in [2.24, 2.45) is 7.05 Å². The molecule has 0 unspecified atom stereocenters. The first-order valence-electron chi connectivity index (χ1n) is 5.91. The molecule has 2 aromatic heterocycles. The van der Waals surface area contributed by atoms with E-state index in [9.17, 15) is 4.79 Å². The van der Waals surface area contributed by atoms with E-state index < -0.39 is 0 Å². The molecule has 6 nitrogen and oxygen atoms in total. The molecule has 0 aliphatic rings. The predicted octanol–water partition coefficient (Wildman–Crippen LogP) is 2.20. The van der Waals surface area contributed by atoms with E-state index in [4.69, 9.17) is 0 Å². The third kappa shape index (κ3) is 2.70. The maximum atomic E-state index is 12.2. The van der Waals surface area contributed by atoms with Gasteiger partial charge in [-0.05, 0) is 36.7 Å². The van der Waals surface area contributed by atoms with Crippen LogP contribution in [0.25, 0.3) is 0 Å². The number of carbonyl (C=O) groups is 1. The standard InChI is InChI=1S/C12H16BrN5O/c1-7-10(13)6-18(16-7)9(3)12(19)15-11-5-14-17(4)8(11)2/h5-6,9H,1-4H3,(H,15,19)/t9-/m0/s1. The van der Waals surface area contributed by atoms with Gasteiger partial charge in [0.1, 0.15) is 6.04 Å². The van der Waals surface area contributed by atoms with Gasteiger partial charge in [-0.25, -0.2) is 0 Å². The Kier molecular flexibility index (Phi) is 3.75. The van der Waals surface area contributed by atoms with Crippen molar-refractivity contribution in [1.82, 2.24) is 19.6 Å². The van der Waals surface area contributed by atoms with Crippen LogP contribution in [0.1, 0.15) is 24.4 Å². The van der Waals surface area contributed by atoms with Crippen LogP contribution in [0.3, 0.4) is 0 Å². The van der Waals surface area contributed by atoms with Crippen LogP contribution in [-0.2, 0) is 11.8 Å². The number of hydrogen-bond donors (Lipinski definition) is 1. The van der Waals surface area contributed by atoms with Crippen LogP contribution in [-0.4, -0.2) is 25.5 Å². The minimum atomic E-state index is -0.385. The molecule has 1 N–H and O–H groups in total. The molecule has 0 aliphatic carbocycles. The summed E-state index contributed by atoms with van der Waals surface area (Å²) in [6.07, 6.45) is 3.44. The summed E-state index contributed by atoms with van der Waals surface area (Å²) < 4.78 is 4.25. The van der Waals surface area contributed by atoms with Gasteiger partial charge in [0, 0.05) is 13.2 Å². The molecule has 0 aromatic carbocycles. The molecule has 0 bridgehead atoms. The first kappa shape index (κ1) is 13.8. The Hall–Kier alpha value is -1.63. The van der Waals surface area contributed by atoms with Gasteiger partial charge in [-0.2, -0.15) is 10.2 Å². The van der Waals surface area contributed by atoms with Crippen LogP contribution in [0.4, 0.5) is 5.69 Å². The van der Waals surface area contributed by atoms with E-state index in [2.05, 4.69) is 31.4 Å². The van der Waals surface area contributed by atoms with Crippen molar-refractivity contribution < 1.29 is 4.79 Å². The van der Waals surface area contributed by atoms with Gasteiger partial charge in [0.15, 0.2) is 0 Å². The lowest BCUT2D eigenvalue weighted by atomic mass is 10.3. The highest BCUT2D eigenvalue weighted by atomic mass is 79.9. The summed E-state index contributed by atoms with van der Waals surface area (Å²) in [5, 5.41) is 11.2. The zero-order valence-electron chi connectivity index (χ0n) is 11.3. The van der Waals surface area contributed by atoms with E-state index in [1.807, 2.05) is 20.9 Å². The molecule has 7 heteroatoms. The number of amides is 1. The highest BCUT2D eigenvalue weighted by Crippen LogP contribution is 2.19. The van der Waals surface area contributed by atoms with E-state index in [0.717, 1.165) is 21.5 Å². The summed E-state index contributed by atoms with van der Waals surface area (Å²) in [6.45, 7) is 5.60. The Bertz CT molecular complexity index is 596. The van der Waals surface area contributed by atoms with Crippen molar-refractivity contribution in [3.05, 3.63) is 28.3 Å². The molecule has 0 aliphatic heterocycles. The molecule has 2 rings (SSSR count). The quantitative estimate of drug-likeness (QED) is 0.940. The van der Waals surface area contributed by atoms with Crippen LogP contribution in [0, 0.1) is 13.8 Å². The zero-order chi connectivity index (χ0) is 14.2. The fourth-order valence-electron chi connectivity index (χ4n) is 1.64. The molecule has 19 heavy (non-hydrogen) atoms. The maximum Gasteiger partial charge on any atom is 0.249 e. The SMILES string of the molecule is Cc1nn([C@@H](C)C(=O)Nc2cnn(C)c2C)cc1Br. The highest BCUT2D eigenvalue weighted by Gasteiger charge is 2.18. The molecular weight excluding hydrogens is 310 g/mol. The second-order valence-corrected chi connectivity index (χ2v) is 5.33. The number of hydrogen-bond acceptors (Lipinski definition) is 3. The summed E-state index contributed by atoms with van der Waals surface area (Å²) in [5.41, 5.74) is 2.50. The van der Waals surface area contributed by atoms with Gasteiger partial charge in [-0.1, -0.05) is 0 Å². The average molecular weight is 326 g/mol. The number of rotatable bonds is 3. The molecule has 0 spiro atoms. The third-order valence-electron chi connectivity index (χ3n) is 3.13. The van der Waals surface area contributed by atoms with Crippen molar-refractivity contribution >= 4 is 27.5 Å². The molecule has 2 aromatic rings. The lowest BCUT2D eigenvalue weighted by molar-refractivity contribution is -0.119. The summed E-state index contributed by atoms with van der Waals surface area (Å²) in [6, 6.07) is -0.385.